The number of allylic oxidation sites excluding steroid dienone is 1. The highest BCUT2D eigenvalue weighted by atomic mass is 19.1. The third-order valence-corrected chi connectivity index (χ3v) is 0.965. The van der Waals surface area contributed by atoms with Crippen molar-refractivity contribution in [1.82, 2.24) is 5.32 Å². The van der Waals surface area contributed by atoms with Crippen molar-refractivity contribution in [2.45, 2.75) is 26.6 Å². The fourth-order valence-corrected chi connectivity index (χ4v) is 0.543. The highest BCUT2D eigenvalue weighted by molar-refractivity contribution is 4.91. The van der Waals surface area contributed by atoms with Crippen LogP contribution in [0.4, 0.5) is 8.78 Å². The van der Waals surface area contributed by atoms with Crippen molar-refractivity contribution in [3.05, 3.63) is 11.9 Å². The standard InChI is InChI=1S/C7H13F2N/c1-3-4-10-7(9)5-6(2)8/h5,7,10H,3-4H2,1-2H3/b6-5+. The molecule has 0 spiro atoms. The molecule has 0 amide bonds. The van der Waals surface area contributed by atoms with E-state index in [-0.39, 0.29) is 0 Å². The van der Waals surface area contributed by atoms with Gasteiger partial charge < -0.3 is 0 Å². The first-order chi connectivity index (χ1) is 4.66. The van der Waals surface area contributed by atoms with E-state index in [1.165, 1.54) is 6.92 Å². The van der Waals surface area contributed by atoms with Gasteiger partial charge in [0.25, 0.3) is 0 Å². The van der Waals surface area contributed by atoms with E-state index in [1.54, 1.807) is 0 Å². The molecule has 0 aliphatic heterocycles. The Morgan fingerprint density at radius 2 is 2.30 bits per heavy atom. The van der Waals surface area contributed by atoms with Crippen molar-refractivity contribution >= 4 is 0 Å². The number of halogens is 2. The summed E-state index contributed by atoms with van der Waals surface area (Å²) in [7, 11) is 0. The third kappa shape index (κ3) is 5.69. The minimum atomic E-state index is -1.34. The predicted molar refractivity (Wildman–Crippen MR) is 38.1 cm³/mol. The van der Waals surface area contributed by atoms with Gasteiger partial charge in [-0.1, -0.05) is 6.92 Å². The Morgan fingerprint density at radius 3 is 2.70 bits per heavy atom. The molecule has 0 rings (SSSR count). The van der Waals surface area contributed by atoms with Crippen LogP contribution < -0.4 is 5.32 Å². The van der Waals surface area contributed by atoms with Crippen molar-refractivity contribution in [2.75, 3.05) is 6.54 Å². The number of nitrogens with one attached hydrogen (secondary N) is 1. The zero-order valence-corrected chi connectivity index (χ0v) is 6.32. The van der Waals surface area contributed by atoms with Crippen LogP contribution in [0.3, 0.4) is 0 Å². The number of rotatable bonds is 4. The van der Waals surface area contributed by atoms with Crippen LogP contribution in [-0.4, -0.2) is 12.8 Å². The Hall–Kier alpha value is -0.440. The van der Waals surface area contributed by atoms with Crippen LogP contribution >= 0.6 is 0 Å². The van der Waals surface area contributed by atoms with Gasteiger partial charge in [-0.15, -0.1) is 0 Å². The molecule has 0 aromatic heterocycles. The molecule has 10 heavy (non-hydrogen) atoms. The Labute approximate surface area is 60.1 Å². The average molecular weight is 149 g/mol. The Morgan fingerprint density at radius 1 is 1.70 bits per heavy atom. The van der Waals surface area contributed by atoms with Gasteiger partial charge in [-0.2, -0.15) is 0 Å². The maximum absolute atomic E-state index is 12.4. The average Bonchev–Trinajstić information content (AvgIpc) is 1.82. The van der Waals surface area contributed by atoms with Gasteiger partial charge in [0, 0.05) is 0 Å². The van der Waals surface area contributed by atoms with Crippen LogP contribution in [0.2, 0.25) is 0 Å². The van der Waals surface area contributed by atoms with Crippen LogP contribution in [0.25, 0.3) is 0 Å². The summed E-state index contributed by atoms with van der Waals surface area (Å²) < 4.78 is 24.4. The van der Waals surface area contributed by atoms with Gasteiger partial charge in [-0.05, 0) is 26.0 Å². The minimum Gasteiger partial charge on any atom is -0.284 e. The van der Waals surface area contributed by atoms with Crippen molar-refractivity contribution < 1.29 is 8.78 Å². The van der Waals surface area contributed by atoms with Crippen LogP contribution in [0.1, 0.15) is 20.3 Å². The maximum Gasteiger partial charge on any atom is 0.172 e. The molecule has 60 valence electrons. The van der Waals surface area contributed by atoms with Crippen molar-refractivity contribution in [3.63, 3.8) is 0 Å². The summed E-state index contributed by atoms with van der Waals surface area (Å²) in [5.41, 5.74) is 0. The third-order valence-electron chi connectivity index (χ3n) is 0.965. The van der Waals surface area contributed by atoms with E-state index in [1.807, 2.05) is 6.92 Å². The molecule has 1 nitrogen and oxygen atoms in total. The SMILES string of the molecule is CCCNC(F)/C=C(\C)F. The molecule has 0 fully saturated rings. The number of alkyl halides is 1. The quantitative estimate of drug-likeness (QED) is 0.604. The molecule has 0 radical (unpaired) electrons. The second-order valence-corrected chi connectivity index (χ2v) is 2.11. The smallest absolute Gasteiger partial charge is 0.172 e. The number of hydrogen-bond donors (Lipinski definition) is 1. The van der Waals surface area contributed by atoms with Crippen molar-refractivity contribution in [2.24, 2.45) is 0 Å². The van der Waals surface area contributed by atoms with Crippen molar-refractivity contribution in [1.29, 1.82) is 0 Å². The van der Waals surface area contributed by atoms with Crippen LogP contribution in [-0.2, 0) is 0 Å². The summed E-state index contributed by atoms with van der Waals surface area (Å²) in [6, 6.07) is 0. The summed E-state index contributed by atoms with van der Waals surface area (Å²) >= 11 is 0. The lowest BCUT2D eigenvalue weighted by Crippen LogP contribution is -2.23. The van der Waals surface area contributed by atoms with Crippen LogP contribution in [0.15, 0.2) is 11.9 Å². The van der Waals surface area contributed by atoms with Crippen molar-refractivity contribution in [3.8, 4) is 0 Å². The van der Waals surface area contributed by atoms with E-state index in [0.717, 1.165) is 12.5 Å². The van der Waals surface area contributed by atoms with E-state index in [9.17, 15) is 8.78 Å². The zero-order chi connectivity index (χ0) is 7.98. The zero-order valence-electron chi connectivity index (χ0n) is 6.32. The highest BCUT2D eigenvalue weighted by Crippen LogP contribution is 1.97. The molecule has 0 saturated carbocycles. The molecule has 0 bridgehead atoms. The molecule has 0 heterocycles. The molecule has 0 aromatic carbocycles. The Bertz CT molecular complexity index is 108. The van der Waals surface area contributed by atoms with Gasteiger partial charge in [0.05, 0.1) is 5.83 Å². The summed E-state index contributed by atoms with van der Waals surface area (Å²) in [5, 5.41) is 2.48. The van der Waals surface area contributed by atoms with Gasteiger partial charge in [0.15, 0.2) is 6.30 Å². The van der Waals surface area contributed by atoms with Gasteiger partial charge in [-0.3, -0.25) is 5.32 Å². The Balaban J connectivity index is 3.43. The lowest BCUT2D eigenvalue weighted by atomic mass is 10.4. The van der Waals surface area contributed by atoms with E-state index in [0.29, 0.717) is 6.54 Å². The molecular formula is C7H13F2N. The molecule has 0 aliphatic carbocycles. The first kappa shape index (κ1) is 9.56. The second-order valence-electron chi connectivity index (χ2n) is 2.11. The van der Waals surface area contributed by atoms with E-state index >= 15 is 0 Å². The highest BCUT2D eigenvalue weighted by Gasteiger charge is 1.98. The Kier molecular flexibility index (Phi) is 5.12. The predicted octanol–water partition coefficient (Wildman–Crippen LogP) is 2.15. The summed E-state index contributed by atoms with van der Waals surface area (Å²) in [5.74, 6) is -0.490. The molecular weight excluding hydrogens is 136 g/mol. The summed E-state index contributed by atoms with van der Waals surface area (Å²) in [6.45, 7) is 3.72. The largest absolute Gasteiger partial charge is 0.284 e. The number of hydrogen-bond acceptors (Lipinski definition) is 1. The first-order valence-electron chi connectivity index (χ1n) is 3.38. The van der Waals surface area contributed by atoms with Gasteiger partial charge >= 0.3 is 0 Å². The van der Waals surface area contributed by atoms with E-state index < -0.39 is 12.1 Å². The van der Waals surface area contributed by atoms with Crippen LogP contribution in [0, 0.1) is 0 Å². The van der Waals surface area contributed by atoms with Gasteiger partial charge in [0.2, 0.25) is 0 Å². The molecule has 0 aromatic rings. The van der Waals surface area contributed by atoms with E-state index in [2.05, 4.69) is 5.32 Å². The van der Waals surface area contributed by atoms with Gasteiger partial charge in [-0.25, -0.2) is 8.78 Å². The lowest BCUT2D eigenvalue weighted by Gasteiger charge is -2.03. The molecule has 3 heteroatoms. The molecule has 0 aliphatic rings. The molecule has 0 saturated heterocycles. The summed E-state index contributed by atoms with van der Waals surface area (Å²) in [4.78, 5) is 0. The topological polar surface area (TPSA) is 12.0 Å². The molecule has 1 N–H and O–H groups in total. The fraction of sp³-hybridized carbons (Fsp3) is 0.714. The molecule has 1 atom stereocenters. The monoisotopic (exact) mass is 149 g/mol. The fourth-order valence-electron chi connectivity index (χ4n) is 0.543. The summed E-state index contributed by atoms with van der Waals surface area (Å²) in [6.07, 6.45) is 0.417. The van der Waals surface area contributed by atoms with Crippen LogP contribution in [0.5, 0.6) is 0 Å². The second kappa shape index (κ2) is 5.35. The van der Waals surface area contributed by atoms with E-state index in [4.69, 9.17) is 0 Å². The first-order valence-corrected chi connectivity index (χ1v) is 3.38. The van der Waals surface area contributed by atoms with Gasteiger partial charge in [0.1, 0.15) is 0 Å². The normalized spacial score (nSPS) is 15.4. The molecule has 1 unspecified atom stereocenters. The lowest BCUT2D eigenvalue weighted by molar-refractivity contribution is 0.329. The maximum atomic E-state index is 12.4. The minimum absolute atomic E-state index is 0.490.